The Morgan fingerprint density at radius 1 is 1.35 bits per heavy atom. The number of halogens is 1. The van der Waals surface area contributed by atoms with Crippen LogP contribution >= 0.6 is 27.3 Å². The summed E-state index contributed by atoms with van der Waals surface area (Å²) < 4.78 is 27.4. The number of sulfonamides is 1. The first-order valence-electron chi connectivity index (χ1n) is 6.08. The number of hydrogen-bond acceptors (Lipinski definition) is 5. The molecule has 0 bridgehead atoms. The number of carboxylic acids is 1. The first-order chi connectivity index (χ1) is 9.41. The summed E-state index contributed by atoms with van der Waals surface area (Å²) in [5.41, 5.74) is 0. The van der Waals surface area contributed by atoms with Gasteiger partial charge in [-0.25, -0.2) is 8.42 Å². The highest BCUT2D eigenvalue weighted by Crippen LogP contribution is 2.30. The fraction of sp³-hybridized carbons (Fsp3) is 0.545. The third kappa shape index (κ3) is 3.59. The third-order valence-corrected chi connectivity index (χ3v) is 7.61. The monoisotopic (exact) mass is 382 g/mol. The zero-order chi connectivity index (χ0) is 14.8. The first kappa shape index (κ1) is 15.9. The van der Waals surface area contributed by atoms with Crippen LogP contribution in [-0.2, 0) is 14.8 Å². The normalized spacial score (nSPS) is 18.9. The summed E-state index contributed by atoms with van der Waals surface area (Å²) in [7, 11) is -3.49. The Balaban J connectivity index is 2.11. The van der Waals surface area contributed by atoms with Crippen molar-refractivity contribution in [3.05, 3.63) is 15.9 Å². The number of carboxylic acid groups (broad SMARTS) is 1. The lowest BCUT2D eigenvalue weighted by Gasteiger charge is -2.20. The first-order valence-corrected chi connectivity index (χ1v) is 9.20. The molecule has 9 heteroatoms. The maximum atomic E-state index is 12.5. The zero-order valence-corrected chi connectivity index (χ0v) is 13.9. The molecular weight excluding hydrogens is 368 g/mol. The van der Waals surface area contributed by atoms with Crippen LogP contribution in [0, 0.1) is 0 Å². The molecule has 1 saturated heterocycles. The summed E-state index contributed by atoms with van der Waals surface area (Å²) in [6, 6.07) is 1.71. The molecule has 0 saturated carbocycles. The minimum atomic E-state index is -3.49. The van der Waals surface area contributed by atoms with Crippen LogP contribution in [0.2, 0.25) is 0 Å². The molecule has 2 rings (SSSR count). The molecule has 0 aromatic carbocycles. The van der Waals surface area contributed by atoms with Crippen molar-refractivity contribution in [3.63, 3.8) is 0 Å². The van der Waals surface area contributed by atoms with E-state index in [4.69, 9.17) is 5.11 Å². The smallest absolute Gasteiger partial charge is 0.317 e. The fourth-order valence-electron chi connectivity index (χ4n) is 2.12. The lowest BCUT2D eigenvalue weighted by molar-refractivity contribution is -0.138. The number of hydrogen-bond donors (Lipinski definition) is 1. The van der Waals surface area contributed by atoms with E-state index >= 15 is 0 Å². The molecular formula is C11H15BrN2O4S2. The maximum absolute atomic E-state index is 12.5. The highest BCUT2D eigenvalue weighted by molar-refractivity contribution is 9.10. The zero-order valence-electron chi connectivity index (χ0n) is 10.7. The minimum Gasteiger partial charge on any atom is -0.480 e. The van der Waals surface area contributed by atoms with Gasteiger partial charge in [-0.2, -0.15) is 4.31 Å². The fourth-order valence-corrected chi connectivity index (χ4v) is 6.04. The molecule has 1 aliphatic rings. The van der Waals surface area contributed by atoms with Gasteiger partial charge in [0.15, 0.2) is 0 Å². The Morgan fingerprint density at radius 2 is 2.10 bits per heavy atom. The van der Waals surface area contributed by atoms with Crippen molar-refractivity contribution in [2.24, 2.45) is 0 Å². The van der Waals surface area contributed by atoms with Gasteiger partial charge < -0.3 is 5.11 Å². The van der Waals surface area contributed by atoms with Crippen molar-refractivity contribution in [3.8, 4) is 0 Å². The molecule has 2 heterocycles. The van der Waals surface area contributed by atoms with Gasteiger partial charge in [-0.15, -0.1) is 11.3 Å². The molecule has 0 spiro atoms. The summed E-state index contributed by atoms with van der Waals surface area (Å²) in [5, 5.41) is 10.5. The van der Waals surface area contributed by atoms with E-state index < -0.39 is 16.0 Å². The van der Waals surface area contributed by atoms with Gasteiger partial charge in [0, 0.05) is 30.7 Å². The Bertz CT molecular complexity index is 587. The van der Waals surface area contributed by atoms with Crippen LogP contribution in [0.3, 0.4) is 0 Å². The van der Waals surface area contributed by atoms with Crippen LogP contribution in [0.1, 0.15) is 6.42 Å². The van der Waals surface area contributed by atoms with Crippen molar-refractivity contribution in [1.29, 1.82) is 0 Å². The molecule has 1 aromatic rings. The topological polar surface area (TPSA) is 77.9 Å². The highest BCUT2D eigenvalue weighted by atomic mass is 79.9. The van der Waals surface area contributed by atoms with Crippen molar-refractivity contribution in [2.75, 3.05) is 32.7 Å². The summed E-state index contributed by atoms with van der Waals surface area (Å²) in [6.07, 6.45) is 0.634. The van der Waals surface area contributed by atoms with Crippen LogP contribution in [0.4, 0.5) is 0 Å². The molecule has 112 valence electrons. The van der Waals surface area contributed by atoms with Gasteiger partial charge in [-0.3, -0.25) is 9.69 Å². The number of aliphatic carboxylic acids is 1. The lowest BCUT2D eigenvalue weighted by atomic mass is 10.4. The van der Waals surface area contributed by atoms with Crippen molar-refractivity contribution in [1.82, 2.24) is 9.21 Å². The van der Waals surface area contributed by atoms with Crippen LogP contribution in [-0.4, -0.2) is 61.4 Å². The van der Waals surface area contributed by atoms with E-state index in [1.165, 1.54) is 15.6 Å². The van der Waals surface area contributed by atoms with Gasteiger partial charge in [0.2, 0.25) is 0 Å². The molecule has 20 heavy (non-hydrogen) atoms. The second-order valence-corrected chi connectivity index (χ2v) is 8.39. The van der Waals surface area contributed by atoms with E-state index in [0.717, 1.165) is 0 Å². The summed E-state index contributed by atoms with van der Waals surface area (Å²) in [6.45, 7) is 1.73. The molecule has 1 N–H and O–H groups in total. The summed E-state index contributed by atoms with van der Waals surface area (Å²) in [4.78, 5) is 12.5. The number of carbonyl (C=O) groups is 1. The van der Waals surface area contributed by atoms with Crippen molar-refractivity contribution >= 4 is 43.3 Å². The molecule has 0 atom stereocenters. The third-order valence-electron chi connectivity index (χ3n) is 3.07. The standard InChI is InChI=1S/C11H15BrN2O4S2/c12-9-2-7-19-11(9)20(17,18)14-4-1-3-13(5-6-14)8-10(15)16/h2,7H,1,3-6,8H2,(H,15,16). The maximum Gasteiger partial charge on any atom is 0.317 e. The Labute approximate surface area is 130 Å². The van der Waals surface area contributed by atoms with Gasteiger partial charge in [-0.05, 0) is 33.8 Å². The average molecular weight is 383 g/mol. The lowest BCUT2D eigenvalue weighted by Crippen LogP contribution is -2.36. The van der Waals surface area contributed by atoms with E-state index in [9.17, 15) is 13.2 Å². The molecule has 0 aliphatic carbocycles. The molecule has 0 amide bonds. The summed E-state index contributed by atoms with van der Waals surface area (Å²) in [5.74, 6) is -0.887. The highest BCUT2D eigenvalue weighted by Gasteiger charge is 2.29. The van der Waals surface area contributed by atoms with Gasteiger partial charge in [0.05, 0.1) is 6.54 Å². The van der Waals surface area contributed by atoms with E-state index in [2.05, 4.69) is 15.9 Å². The minimum absolute atomic E-state index is 0.0451. The number of rotatable bonds is 4. The van der Waals surface area contributed by atoms with Gasteiger partial charge in [0.1, 0.15) is 4.21 Å². The van der Waals surface area contributed by atoms with Crippen LogP contribution in [0.25, 0.3) is 0 Å². The Kier molecular flexibility index (Phi) is 5.19. The SMILES string of the molecule is O=C(O)CN1CCCN(S(=O)(=O)c2sccc2Br)CC1. The van der Waals surface area contributed by atoms with E-state index in [1.54, 1.807) is 16.3 Å². The molecule has 1 aromatic heterocycles. The Hall–Kier alpha value is -0.480. The average Bonchev–Trinajstić information content (AvgIpc) is 2.65. The second-order valence-electron chi connectivity index (χ2n) is 4.48. The van der Waals surface area contributed by atoms with Gasteiger partial charge in [-0.1, -0.05) is 0 Å². The molecule has 1 aliphatic heterocycles. The molecule has 0 radical (unpaired) electrons. The number of thiophene rings is 1. The quantitative estimate of drug-likeness (QED) is 0.848. The van der Waals surface area contributed by atoms with Gasteiger partial charge in [0.25, 0.3) is 10.0 Å². The van der Waals surface area contributed by atoms with Gasteiger partial charge >= 0.3 is 5.97 Å². The van der Waals surface area contributed by atoms with E-state index in [1.807, 2.05) is 0 Å². The van der Waals surface area contributed by atoms with Crippen LogP contribution < -0.4 is 0 Å². The summed E-state index contributed by atoms with van der Waals surface area (Å²) >= 11 is 4.43. The Morgan fingerprint density at radius 3 is 2.70 bits per heavy atom. The molecule has 0 unspecified atom stereocenters. The van der Waals surface area contributed by atoms with Crippen molar-refractivity contribution < 1.29 is 18.3 Å². The predicted octanol–water partition coefficient (Wildman–Crippen LogP) is 1.29. The van der Waals surface area contributed by atoms with E-state index in [0.29, 0.717) is 41.3 Å². The molecule has 1 fully saturated rings. The van der Waals surface area contributed by atoms with E-state index in [-0.39, 0.29) is 6.54 Å². The van der Waals surface area contributed by atoms with Crippen LogP contribution in [0.15, 0.2) is 20.1 Å². The van der Waals surface area contributed by atoms with Crippen LogP contribution in [0.5, 0.6) is 0 Å². The number of nitrogens with zero attached hydrogens (tertiary/aromatic N) is 2. The van der Waals surface area contributed by atoms with Crippen molar-refractivity contribution in [2.45, 2.75) is 10.6 Å². The largest absolute Gasteiger partial charge is 0.480 e. The predicted molar refractivity (Wildman–Crippen MR) is 79.5 cm³/mol. The second kappa shape index (κ2) is 6.52. The molecule has 6 nitrogen and oxygen atoms in total.